The van der Waals surface area contributed by atoms with Crippen LogP contribution >= 0.6 is 0 Å². The highest BCUT2D eigenvalue weighted by Crippen LogP contribution is 2.53. The van der Waals surface area contributed by atoms with Gasteiger partial charge in [0.05, 0.1) is 24.2 Å². The lowest BCUT2D eigenvalue weighted by atomic mass is 10.1. The summed E-state index contributed by atoms with van der Waals surface area (Å²) in [5.41, 5.74) is 3.81. The van der Waals surface area contributed by atoms with Gasteiger partial charge < -0.3 is 4.43 Å². The smallest absolute Gasteiger partial charge is 0.192 e. The van der Waals surface area contributed by atoms with Gasteiger partial charge in [0, 0.05) is 6.61 Å². The zero-order valence-corrected chi connectivity index (χ0v) is 35.4. The van der Waals surface area contributed by atoms with E-state index >= 15 is 0 Å². The minimum absolute atomic E-state index is 0.610. The van der Waals surface area contributed by atoms with Crippen LogP contribution in [0.5, 0.6) is 0 Å². The van der Waals surface area contributed by atoms with Crippen LogP contribution in [0.3, 0.4) is 0 Å². The maximum atomic E-state index is 5.87. The molecule has 0 radical (unpaired) electrons. The van der Waals surface area contributed by atoms with Gasteiger partial charge in [0.25, 0.3) is 0 Å². The van der Waals surface area contributed by atoms with Crippen LogP contribution in [0.2, 0.25) is 83.6 Å². The second kappa shape index (κ2) is 17.4. The Labute approximate surface area is 280 Å². The minimum atomic E-state index is -1.21. The normalized spacial score (nSPS) is 30.4. The van der Waals surface area contributed by atoms with Crippen LogP contribution in [0.15, 0.2) is 30.3 Å². The van der Waals surface area contributed by atoms with Gasteiger partial charge in [-0.15, -0.1) is 0 Å². The summed E-state index contributed by atoms with van der Waals surface area (Å²) >= 11 is 0. The predicted octanol–water partition coefficient (Wildman–Crippen LogP) is 13.3. The van der Waals surface area contributed by atoms with Crippen LogP contribution in [-0.2, 0) is 4.43 Å². The topological polar surface area (TPSA) is 9.23 Å². The number of hydrogen-bond donors (Lipinski definition) is 0. The van der Waals surface area contributed by atoms with Crippen molar-refractivity contribution in [2.75, 3.05) is 6.61 Å². The summed E-state index contributed by atoms with van der Waals surface area (Å²) in [6.07, 6.45) is 13.4. The Hall–Kier alpha value is 0.0475. The summed E-state index contributed by atoms with van der Waals surface area (Å²) in [6, 6.07) is 24.0. The van der Waals surface area contributed by atoms with Crippen molar-refractivity contribution in [1.29, 1.82) is 0 Å². The number of benzene rings is 1. The lowest BCUT2D eigenvalue weighted by Gasteiger charge is -2.39. The molecule has 0 aromatic heterocycles. The van der Waals surface area contributed by atoms with Gasteiger partial charge in [0.2, 0.25) is 0 Å². The molecule has 1 aromatic carbocycles. The Kier molecular flexibility index (Phi) is 15.3. The Balaban J connectivity index is 0.000000164. The average molecular weight is 673 g/mol. The monoisotopic (exact) mass is 672 g/mol. The van der Waals surface area contributed by atoms with Gasteiger partial charge in [-0.05, 0) is 36.0 Å². The first kappa shape index (κ1) is 38.5. The molecule has 1 atom stereocenters. The Morgan fingerprint density at radius 3 is 1.45 bits per heavy atom. The van der Waals surface area contributed by atoms with Crippen LogP contribution in [0.1, 0.15) is 113 Å². The molecule has 5 heterocycles. The molecular weight excluding hydrogens is 597 g/mol. The molecular formula is C39H76OSi4. The van der Waals surface area contributed by atoms with Crippen molar-refractivity contribution < 1.29 is 4.43 Å². The molecule has 5 saturated heterocycles. The molecule has 5 aliphatic rings. The van der Waals surface area contributed by atoms with E-state index in [0.717, 1.165) is 28.8 Å². The van der Waals surface area contributed by atoms with E-state index in [-0.39, 0.29) is 0 Å². The first-order chi connectivity index (χ1) is 20.8. The van der Waals surface area contributed by atoms with Crippen molar-refractivity contribution in [3.05, 3.63) is 30.3 Å². The molecule has 0 N–H and O–H groups in total. The summed E-state index contributed by atoms with van der Waals surface area (Å²) in [5, 5.41) is 1.71. The molecule has 44 heavy (non-hydrogen) atoms. The highest BCUT2D eigenvalue weighted by molar-refractivity contribution is 6.93. The maximum absolute atomic E-state index is 5.87. The lowest BCUT2D eigenvalue weighted by Crippen LogP contribution is -2.51. The molecule has 5 aliphatic heterocycles. The molecule has 1 nitrogen and oxygen atoms in total. The molecule has 6 rings (SSSR count). The summed E-state index contributed by atoms with van der Waals surface area (Å²) < 4.78 is 5.87. The molecule has 1 unspecified atom stereocenters. The molecule has 0 saturated carbocycles. The van der Waals surface area contributed by atoms with Crippen molar-refractivity contribution in [2.45, 2.75) is 197 Å². The van der Waals surface area contributed by atoms with Crippen molar-refractivity contribution in [1.82, 2.24) is 0 Å². The number of hydrogen-bond acceptors (Lipinski definition) is 1. The second-order valence-corrected chi connectivity index (χ2v) is 38.1. The van der Waals surface area contributed by atoms with Gasteiger partial charge in [-0.3, -0.25) is 0 Å². The van der Waals surface area contributed by atoms with E-state index in [2.05, 4.69) is 98.8 Å². The fourth-order valence-corrected chi connectivity index (χ4v) is 26.6. The fourth-order valence-electron chi connectivity index (χ4n) is 9.37. The van der Waals surface area contributed by atoms with Gasteiger partial charge >= 0.3 is 0 Å². The maximum Gasteiger partial charge on any atom is 0.192 e. The van der Waals surface area contributed by atoms with E-state index in [1.165, 1.54) is 69.0 Å². The van der Waals surface area contributed by atoms with Gasteiger partial charge in [0.1, 0.15) is 0 Å². The number of fused-ring (bicyclic) bond motifs is 2. The molecule has 0 aliphatic carbocycles. The van der Waals surface area contributed by atoms with Gasteiger partial charge in [-0.1, -0.05) is 202 Å². The molecule has 254 valence electrons. The quantitative estimate of drug-likeness (QED) is 0.283. The Bertz CT molecular complexity index is 917. The molecule has 5 fully saturated rings. The first-order valence-electron chi connectivity index (χ1n) is 19.5. The third-order valence-corrected chi connectivity index (χ3v) is 37.1. The fraction of sp³-hybridized carbons (Fsp3) is 0.846. The van der Waals surface area contributed by atoms with Gasteiger partial charge in [0.15, 0.2) is 8.32 Å². The number of rotatable bonds is 5. The molecule has 0 amide bonds. The summed E-state index contributed by atoms with van der Waals surface area (Å²) in [5.74, 6) is 1.19. The van der Waals surface area contributed by atoms with E-state index < -0.39 is 32.5 Å². The van der Waals surface area contributed by atoms with Gasteiger partial charge in [-0.25, -0.2) is 0 Å². The summed E-state index contributed by atoms with van der Waals surface area (Å²) in [7, 11) is -3.62. The largest absolute Gasteiger partial charge is 0.417 e. The van der Waals surface area contributed by atoms with Crippen molar-refractivity contribution in [3.8, 4) is 0 Å². The highest BCUT2D eigenvalue weighted by Gasteiger charge is 2.48. The predicted molar refractivity (Wildman–Crippen MR) is 211 cm³/mol. The lowest BCUT2D eigenvalue weighted by molar-refractivity contribution is 0.264. The molecule has 0 spiro atoms. The van der Waals surface area contributed by atoms with E-state index in [1.807, 2.05) is 0 Å². The average Bonchev–Trinajstić information content (AvgIpc) is 3.77. The Morgan fingerprint density at radius 1 is 0.568 bits per heavy atom. The third kappa shape index (κ3) is 10.0. The summed E-state index contributed by atoms with van der Waals surface area (Å²) in [4.78, 5) is 0. The van der Waals surface area contributed by atoms with Crippen LogP contribution in [0.25, 0.3) is 0 Å². The molecule has 5 heteroatoms. The van der Waals surface area contributed by atoms with E-state index in [0.29, 0.717) is 0 Å². The highest BCUT2D eigenvalue weighted by atomic mass is 28.4. The second-order valence-electron chi connectivity index (χ2n) is 17.7. The first-order valence-corrected chi connectivity index (χ1v) is 30.4. The van der Waals surface area contributed by atoms with E-state index in [1.54, 1.807) is 48.2 Å². The van der Waals surface area contributed by atoms with Crippen LogP contribution in [0, 0.1) is 5.92 Å². The van der Waals surface area contributed by atoms with Crippen LogP contribution in [-0.4, -0.2) is 39.1 Å². The molecule has 1 aromatic rings. The van der Waals surface area contributed by atoms with Crippen LogP contribution in [0.4, 0.5) is 0 Å². The van der Waals surface area contributed by atoms with Gasteiger partial charge in [-0.2, -0.15) is 0 Å². The van der Waals surface area contributed by atoms with E-state index in [9.17, 15) is 0 Å². The third-order valence-electron chi connectivity index (χ3n) is 14.1. The van der Waals surface area contributed by atoms with E-state index in [4.69, 9.17) is 4.43 Å². The summed E-state index contributed by atoms with van der Waals surface area (Å²) in [6.45, 7) is 25.3. The zero-order chi connectivity index (χ0) is 32.4. The van der Waals surface area contributed by atoms with Crippen LogP contribution < -0.4 is 5.19 Å². The Morgan fingerprint density at radius 2 is 1.11 bits per heavy atom. The molecule has 2 bridgehead atoms. The van der Waals surface area contributed by atoms with Crippen molar-refractivity contribution in [3.63, 3.8) is 0 Å². The standard InChI is InChI=1S/C14H22Si.C9H18Si.C8H18OSi.C8H18Si/c1-13(2)15(11-7-4-8-12-15)14-9-5-3-6-10-14;1-8(2)10-5-3-9(7-10)4-6-10;1-8(2)10(3)7-5-4-6-9-10;1-8(2)9(3)6-4-5-7-9/h3,5-6,9-10,13H,4,7-8,11-12H2,1-2H3;8-9H,3-7H2,1-2H3;8H,4-7H2,1-3H3;8H,4-7H2,1-3H3. The van der Waals surface area contributed by atoms with Crippen molar-refractivity contribution >= 4 is 37.7 Å². The van der Waals surface area contributed by atoms with Crippen molar-refractivity contribution in [2.24, 2.45) is 5.92 Å². The minimum Gasteiger partial charge on any atom is -0.417 e. The SMILES string of the molecule is CC(C)[Si]1(C)CCCC1.CC(C)[Si]1(C)CCCCO1.CC(C)[Si]1(c2ccccc2)CCCCC1.CC(C)[Si]12CCC(CC1)C2. The zero-order valence-electron chi connectivity index (χ0n) is 31.4.